The van der Waals surface area contributed by atoms with E-state index in [1.807, 2.05) is 6.20 Å². The van der Waals surface area contributed by atoms with E-state index in [1.165, 1.54) is 19.2 Å². The molecule has 0 amide bonds. The minimum absolute atomic E-state index is 0. The number of aromatic nitrogens is 1. The molecule has 2 heterocycles. The predicted molar refractivity (Wildman–Crippen MR) is 55.8 cm³/mol. The lowest BCUT2D eigenvalue weighted by Gasteiger charge is -2.19. The molecule has 0 spiro atoms. The first-order valence-corrected chi connectivity index (χ1v) is 4.06. The lowest BCUT2D eigenvalue weighted by atomic mass is 9.96. The van der Waals surface area contributed by atoms with Crippen molar-refractivity contribution in [2.45, 2.75) is 18.8 Å². The number of piperidine rings is 1. The second-order valence-electron chi connectivity index (χ2n) is 2.93. The first-order chi connectivity index (χ1) is 5.47. The third kappa shape index (κ3) is 3.18. The second kappa shape index (κ2) is 6.24. The molecule has 2 rings (SSSR count). The molecular formula is C8H14Cl2N2O. The van der Waals surface area contributed by atoms with Crippen LogP contribution in [-0.4, -0.2) is 18.1 Å². The molecule has 0 saturated carbocycles. The van der Waals surface area contributed by atoms with Crippen LogP contribution in [0.4, 0.5) is 0 Å². The Hall–Kier alpha value is -0.250. The van der Waals surface area contributed by atoms with Crippen LogP contribution in [0.25, 0.3) is 0 Å². The molecule has 1 aliphatic heterocycles. The van der Waals surface area contributed by atoms with Gasteiger partial charge < -0.3 is 9.73 Å². The van der Waals surface area contributed by atoms with Crippen molar-refractivity contribution in [3.8, 4) is 0 Å². The maximum atomic E-state index is 5.23. The average Bonchev–Trinajstić information content (AvgIpc) is 2.58. The van der Waals surface area contributed by atoms with Crippen LogP contribution in [0.15, 0.2) is 17.0 Å². The molecule has 0 atom stereocenters. The molecule has 0 unspecified atom stereocenters. The highest BCUT2D eigenvalue weighted by Crippen LogP contribution is 2.23. The molecule has 1 aromatic rings. The van der Waals surface area contributed by atoms with Gasteiger partial charge in [-0.3, -0.25) is 0 Å². The smallest absolute Gasteiger partial charge is 0.180 e. The summed E-state index contributed by atoms with van der Waals surface area (Å²) in [4.78, 5) is 3.91. The summed E-state index contributed by atoms with van der Waals surface area (Å²) in [6.07, 6.45) is 5.69. The van der Waals surface area contributed by atoms with Gasteiger partial charge in [0.15, 0.2) is 6.39 Å². The summed E-state index contributed by atoms with van der Waals surface area (Å²) in [5.74, 6) is 1.64. The normalized spacial score (nSPS) is 17.2. The van der Waals surface area contributed by atoms with Gasteiger partial charge in [-0.15, -0.1) is 24.8 Å². The SMILES string of the molecule is Cl.Cl.c1ncc(C2CCNCC2)o1. The van der Waals surface area contributed by atoms with Crippen LogP contribution in [0.5, 0.6) is 0 Å². The fraction of sp³-hybridized carbons (Fsp3) is 0.625. The van der Waals surface area contributed by atoms with Crippen LogP contribution < -0.4 is 5.32 Å². The van der Waals surface area contributed by atoms with E-state index in [0.717, 1.165) is 18.8 Å². The molecule has 0 aliphatic carbocycles. The summed E-state index contributed by atoms with van der Waals surface area (Å²) in [5, 5.41) is 3.31. The molecule has 0 radical (unpaired) electrons. The van der Waals surface area contributed by atoms with Crippen molar-refractivity contribution < 1.29 is 4.42 Å². The fourth-order valence-electron chi connectivity index (χ4n) is 1.53. The van der Waals surface area contributed by atoms with Crippen molar-refractivity contribution in [2.24, 2.45) is 0 Å². The Bertz CT molecular complexity index is 210. The lowest BCUT2D eigenvalue weighted by molar-refractivity contribution is 0.385. The Morgan fingerprint density at radius 1 is 1.31 bits per heavy atom. The Kier molecular flexibility index (Phi) is 6.12. The maximum Gasteiger partial charge on any atom is 0.180 e. The maximum absolute atomic E-state index is 5.23. The van der Waals surface area contributed by atoms with E-state index in [0.29, 0.717) is 5.92 Å². The third-order valence-corrected chi connectivity index (χ3v) is 2.19. The van der Waals surface area contributed by atoms with Crippen molar-refractivity contribution in [3.05, 3.63) is 18.4 Å². The predicted octanol–water partition coefficient (Wildman–Crippen LogP) is 1.99. The number of rotatable bonds is 1. The average molecular weight is 225 g/mol. The van der Waals surface area contributed by atoms with E-state index in [2.05, 4.69) is 10.3 Å². The molecule has 76 valence electrons. The highest BCUT2D eigenvalue weighted by Gasteiger charge is 2.17. The molecule has 1 aliphatic rings. The van der Waals surface area contributed by atoms with Crippen LogP contribution in [0, 0.1) is 0 Å². The minimum atomic E-state index is 0. The standard InChI is InChI=1S/C8H12N2O.2ClH/c1-3-9-4-2-7(1)8-5-10-6-11-8;;/h5-7,9H,1-4H2;2*1H. The molecule has 1 N–H and O–H groups in total. The number of nitrogens with one attached hydrogen (secondary N) is 1. The van der Waals surface area contributed by atoms with Crippen molar-refractivity contribution in [1.82, 2.24) is 10.3 Å². The van der Waals surface area contributed by atoms with E-state index in [9.17, 15) is 0 Å². The highest BCUT2D eigenvalue weighted by atomic mass is 35.5. The highest BCUT2D eigenvalue weighted by molar-refractivity contribution is 5.85. The van der Waals surface area contributed by atoms with Crippen LogP contribution >= 0.6 is 24.8 Å². The molecule has 0 aromatic carbocycles. The summed E-state index contributed by atoms with van der Waals surface area (Å²) in [5.41, 5.74) is 0. The second-order valence-corrected chi connectivity index (χ2v) is 2.93. The molecule has 13 heavy (non-hydrogen) atoms. The molecule has 0 bridgehead atoms. The van der Waals surface area contributed by atoms with Crippen molar-refractivity contribution in [3.63, 3.8) is 0 Å². The van der Waals surface area contributed by atoms with Gasteiger partial charge in [-0.05, 0) is 25.9 Å². The summed E-state index contributed by atoms with van der Waals surface area (Å²) < 4.78 is 5.23. The molecule has 3 nitrogen and oxygen atoms in total. The molecule has 1 fully saturated rings. The van der Waals surface area contributed by atoms with E-state index >= 15 is 0 Å². The number of nitrogens with zero attached hydrogens (tertiary/aromatic N) is 1. The van der Waals surface area contributed by atoms with Crippen LogP contribution in [0.1, 0.15) is 24.5 Å². The monoisotopic (exact) mass is 224 g/mol. The van der Waals surface area contributed by atoms with Crippen molar-refractivity contribution in [2.75, 3.05) is 13.1 Å². The van der Waals surface area contributed by atoms with Gasteiger partial charge in [0.05, 0.1) is 6.20 Å². The number of oxazole rings is 1. The van der Waals surface area contributed by atoms with Crippen molar-refractivity contribution in [1.29, 1.82) is 0 Å². The quantitative estimate of drug-likeness (QED) is 0.794. The Labute approximate surface area is 90.1 Å². The zero-order valence-corrected chi connectivity index (χ0v) is 8.87. The van der Waals surface area contributed by atoms with Gasteiger partial charge in [-0.2, -0.15) is 0 Å². The Balaban J connectivity index is 0.000000720. The third-order valence-electron chi connectivity index (χ3n) is 2.19. The van der Waals surface area contributed by atoms with Gasteiger partial charge in [0.1, 0.15) is 5.76 Å². The molecule has 5 heteroatoms. The fourth-order valence-corrected chi connectivity index (χ4v) is 1.53. The van der Waals surface area contributed by atoms with Crippen LogP contribution in [0.2, 0.25) is 0 Å². The van der Waals surface area contributed by atoms with Gasteiger partial charge >= 0.3 is 0 Å². The van der Waals surface area contributed by atoms with Crippen molar-refractivity contribution >= 4 is 24.8 Å². The van der Waals surface area contributed by atoms with Crippen LogP contribution in [0.3, 0.4) is 0 Å². The molecular weight excluding hydrogens is 211 g/mol. The summed E-state index contributed by atoms with van der Waals surface area (Å²) in [6.45, 7) is 2.21. The zero-order chi connectivity index (χ0) is 7.52. The topological polar surface area (TPSA) is 38.1 Å². The van der Waals surface area contributed by atoms with E-state index in [1.54, 1.807) is 0 Å². The summed E-state index contributed by atoms with van der Waals surface area (Å²) in [7, 11) is 0. The van der Waals surface area contributed by atoms with Gasteiger partial charge in [0, 0.05) is 5.92 Å². The first-order valence-electron chi connectivity index (χ1n) is 4.06. The Morgan fingerprint density at radius 3 is 2.54 bits per heavy atom. The Morgan fingerprint density at radius 2 is 2.00 bits per heavy atom. The largest absolute Gasteiger partial charge is 0.448 e. The zero-order valence-electron chi connectivity index (χ0n) is 7.23. The first kappa shape index (κ1) is 12.8. The summed E-state index contributed by atoms with van der Waals surface area (Å²) >= 11 is 0. The molecule has 1 saturated heterocycles. The lowest BCUT2D eigenvalue weighted by Crippen LogP contribution is -2.26. The number of hydrogen-bond acceptors (Lipinski definition) is 3. The van der Waals surface area contributed by atoms with Crippen LogP contribution in [-0.2, 0) is 0 Å². The van der Waals surface area contributed by atoms with Gasteiger partial charge in [-0.25, -0.2) is 4.98 Å². The number of halogens is 2. The van der Waals surface area contributed by atoms with Gasteiger partial charge in [0.2, 0.25) is 0 Å². The van der Waals surface area contributed by atoms with Gasteiger partial charge in [-0.1, -0.05) is 0 Å². The molecule has 1 aromatic heterocycles. The van der Waals surface area contributed by atoms with E-state index < -0.39 is 0 Å². The summed E-state index contributed by atoms with van der Waals surface area (Å²) in [6, 6.07) is 0. The number of hydrogen-bond donors (Lipinski definition) is 1. The van der Waals surface area contributed by atoms with Gasteiger partial charge in [0.25, 0.3) is 0 Å². The minimum Gasteiger partial charge on any atom is -0.448 e. The van der Waals surface area contributed by atoms with E-state index in [-0.39, 0.29) is 24.8 Å². The van der Waals surface area contributed by atoms with E-state index in [4.69, 9.17) is 4.42 Å².